The van der Waals surface area contributed by atoms with E-state index < -0.39 is 11.6 Å². The Morgan fingerprint density at radius 1 is 1.00 bits per heavy atom. The highest BCUT2D eigenvalue weighted by Crippen LogP contribution is 2.44. The van der Waals surface area contributed by atoms with Gasteiger partial charge in [-0.25, -0.2) is 23.7 Å². The van der Waals surface area contributed by atoms with E-state index in [0.29, 0.717) is 23.1 Å². The highest BCUT2D eigenvalue weighted by molar-refractivity contribution is 5.90. The molecule has 1 aliphatic carbocycles. The minimum atomic E-state index is -0.857. The number of piperidine rings is 1. The van der Waals surface area contributed by atoms with Gasteiger partial charge >= 0.3 is 0 Å². The van der Waals surface area contributed by atoms with Crippen molar-refractivity contribution in [2.75, 3.05) is 18.0 Å². The molecule has 1 saturated carbocycles. The van der Waals surface area contributed by atoms with E-state index in [1.807, 2.05) is 17.8 Å². The Morgan fingerprint density at radius 2 is 1.81 bits per heavy atom. The SMILES string of the molecule is Cn1cc(-c2ccc(F)c(F)c2)nc1C1CCN(c2ncnc3n[nH]c(C4CC4)c23)CC1. The molecule has 3 aromatic heterocycles. The monoisotopic (exact) mass is 435 g/mol. The summed E-state index contributed by atoms with van der Waals surface area (Å²) in [5, 5.41) is 8.63. The average molecular weight is 435 g/mol. The van der Waals surface area contributed by atoms with Crippen LogP contribution in [0.25, 0.3) is 22.3 Å². The normalized spacial score (nSPS) is 17.4. The predicted octanol–water partition coefficient (Wildman–Crippen LogP) is 4.29. The van der Waals surface area contributed by atoms with E-state index >= 15 is 0 Å². The zero-order valence-electron chi connectivity index (χ0n) is 17.7. The summed E-state index contributed by atoms with van der Waals surface area (Å²) in [4.78, 5) is 16.1. The molecule has 4 heterocycles. The first-order valence-corrected chi connectivity index (χ1v) is 11.0. The number of hydrogen-bond donors (Lipinski definition) is 1. The van der Waals surface area contributed by atoms with Crippen LogP contribution in [0.15, 0.2) is 30.7 Å². The first-order valence-electron chi connectivity index (χ1n) is 11.0. The van der Waals surface area contributed by atoms with Gasteiger partial charge in [0.2, 0.25) is 0 Å². The van der Waals surface area contributed by atoms with Crippen LogP contribution in [-0.2, 0) is 7.05 Å². The lowest BCUT2D eigenvalue weighted by atomic mass is 9.95. The Hall–Kier alpha value is -3.36. The first kappa shape index (κ1) is 19.3. The summed E-state index contributed by atoms with van der Waals surface area (Å²) in [6.45, 7) is 1.72. The minimum Gasteiger partial charge on any atom is -0.356 e. The fourth-order valence-corrected chi connectivity index (χ4v) is 4.77. The number of fused-ring (bicyclic) bond motifs is 1. The number of aromatic nitrogens is 6. The van der Waals surface area contributed by atoms with E-state index in [1.54, 1.807) is 12.4 Å². The van der Waals surface area contributed by atoms with Gasteiger partial charge in [-0.15, -0.1) is 0 Å². The van der Waals surface area contributed by atoms with Crippen LogP contribution in [0.2, 0.25) is 0 Å². The Morgan fingerprint density at radius 3 is 2.56 bits per heavy atom. The van der Waals surface area contributed by atoms with Gasteiger partial charge in [0.25, 0.3) is 0 Å². The van der Waals surface area contributed by atoms with Crippen molar-refractivity contribution in [3.8, 4) is 11.3 Å². The van der Waals surface area contributed by atoms with Gasteiger partial charge in [-0.1, -0.05) is 0 Å². The van der Waals surface area contributed by atoms with Gasteiger partial charge in [-0.05, 0) is 43.9 Å². The largest absolute Gasteiger partial charge is 0.356 e. The Labute approximate surface area is 183 Å². The van der Waals surface area contributed by atoms with Gasteiger partial charge in [0.05, 0.1) is 16.8 Å². The molecule has 0 spiro atoms. The Balaban J connectivity index is 1.23. The molecule has 0 radical (unpaired) electrons. The molecule has 9 heteroatoms. The van der Waals surface area contributed by atoms with E-state index in [1.165, 1.54) is 18.9 Å². The number of aromatic amines is 1. The van der Waals surface area contributed by atoms with Crippen molar-refractivity contribution < 1.29 is 8.78 Å². The lowest BCUT2D eigenvalue weighted by Gasteiger charge is -2.32. The smallest absolute Gasteiger partial charge is 0.186 e. The molecular formula is C23H23F2N7. The van der Waals surface area contributed by atoms with Crippen molar-refractivity contribution in [3.63, 3.8) is 0 Å². The number of benzene rings is 1. The predicted molar refractivity (Wildman–Crippen MR) is 116 cm³/mol. The molecule has 32 heavy (non-hydrogen) atoms. The number of imidazole rings is 1. The summed E-state index contributed by atoms with van der Waals surface area (Å²) >= 11 is 0. The molecule has 0 unspecified atom stereocenters. The third-order valence-corrected chi connectivity index (χ3v) is 6.63. The van der Waals surface area contributed by atoms with E-state index in [4.69, 9.17) is 4.98 Å². The number of halogens is 2. The zero-order valence-corrected chi connectivity index (χ0v) is 17.7. The average Bonchev–Trinajstić information content (AvgIpc) is 3.44. The third-order valence-electron chi connectivity index (χ3n) is 6.63. The second-order valence-electron chi connectivity index (χ2n) is 8.79. The Bertz CT molecular complexity index is 1300. The molecular weight excluding hydrogens is 412 g/mol. The second kappa shape index (κ2) is 7.36. The molecule has 0 amide bonds. The molecule has 6 rings (SSSR count). The summed E-state index contributed by atoms with van der Waals surface area (Å²) in [5.41, 5.74) is 3.14. The zero-order chi connectivity index (χ0) is 21.8. The molecule has 0 atom stereocenters. The fourth-order valence-electron chi connectivity index (χ4n) is 4.77. The molecule has 164 valence electrons. The van der Waals surface area contributed by atoms with Crippen molar-refractivity contribution >= 4 is 16.9 Å². The maximum Gasteiger partial charge on any atom is 0.186 e. The number of H-pyrrole nitrogens is 1. The second-order valence-corrected chi connectivity index (χ2v) is 8.79. The summed E-state index contributed by atoms with van der Waals surface area (Å²) in [7, 11) is 1.96. The molecule has 1 aromatic carbocycles. The molecule has 0 bridgehead atoms. The van der Waals surface area contributed by atoms with E-state index in [0.717, 1.165) is 60.4 Å². The summed E-state index contributed by atoms with van der Waals surface area (Å²) in [5.74, 6) is 1.07. The maximum atomic E-state index is 13.7. The molecule has 2 aliphatic rings. The van der Waals surface area contributed by atoms with Crippen LogP contribution >= 0.6 is 0 Å². The number of nitrogens with one attached hydrogen (secondary N) is 1. The molecule has 1 aliphatic heterocycles. The topological polar surface area (TPSA) is 75.5 Å². The molecule has 4 aromatic rings. The van der Waals surface area contributed by atoms with E-state index in [-0.39, 0.29) is 0 Å². The fraction of sp³-hybridized carbons (Fsp3) is 0.391. The quantitative estimate of drug-likeness (QED) is 0.518. The van der Waals surface area contributed by atoms with Crippen LogP contribution in [0.5, 0.6) is 0 Å². The van der Waals surface area contributed by atoms with Gasteiger partial charge in [0.1, 0.15) is 18.0 Å². The molecule has 7 nitrogen and oxygen atoms in total. The first-order chi connectivity index (χ1) is 15.6. The summed E-state index contributed by atoms with van der Waals surface area (Å²) < 4.78 is 29.0. The van der Waals surface area contributed by atoms with Crippen LogP contribution in [0.3, 0.4) is 0 Å². The lowest BCUT2D eigenvalue weighted by Crippen LogP contribution is -2.34. The summed E-state index contributed by atoms with van der Waals surface area (Å²) in [6.07, 6.45) is 7.72. The van der Waals surface area contributed by atoms with Crippen LogP contribution in [0.1, 0.15) is 49.0 Å². The van der Waals surface area contributed by atoms with Gasteiger partial charge in [0, 0.05) is 43.7 Å². The molecule has 2 fully saturated rings. The standard InChI is InChI=1S/C23H23F2N7/c1-31-11-18(15-4-5-16(24)17(25)10-15)28-22(31)14-6-8-32(9-7-14)23-19-20(13-2-3-13)29-30-21(19)26-12-27-23/h4-5,10-14H,2-3,6-9H2,1H3,(H,26,27,29,30). The van der Waals surface area contributed by atoms with Crippen LogP contribution < -0.4 is 4.90 Å². The van der Waals surface area contributed by atoms with Crippen molar-refractivity contribution in [1.29, 1.82) is 0 Å². The molecule has 1 saturated heterocycles. The lowest BCUT2D eigenvalue weighted by molar-refractivity contribution is 0.474. The maximum absolute atomic E-state index is 13.7. The van der Waals surface area contributed by atoms with Crippen molar-refractivity contribution in [1.82, 2.24) is 29.7 Å². The van der Waals surface area contributed by atoms with Crippen molar-refractivity contribution in [2.45, 2.75) is 37.5 Å². The summed E-state index contributed by atoms with van der Waals surface area (Å²) in [6, 6.07) is 3.91. The highest BCUT2D eigenvalue weighted by atomic mass is 19.2. The third kappa shape index (κ3) is 3.23. The van der Waals surface area contributed by atoms with E-state index in [2.05, 4.69) is 25.1 Å². The van der Waals surface area contributed by atoms with Gasteiger partial charge in [-0.2, -0.15) is 5.10 Å². The van der Waals surface area contributed by atoms with Crippen LogP contribution in [0, 0.1) is 11.6 Å². The Kier molecular flexibility index (Phi) is 4.44. The minimum absolute atomic E-state index is 0.292. The van der Waals surface area contributed by atoms with Gasteiger partial charge < -0.3 is 9.47 Å². The number of anilines is 1. The van der Waals surface area contributed by atoms with Crippen molar-refractivity contribution in [2.24, 2.45) is 7.05 Å². The number of rotatable bonds is 4. The van der Waals surface area contributed by atoms with Gasteiger partial charge in [-0.3, -0.25) is 5.10 Å². The number of hydrogen-bond acceptors (Lipinski definition) is 5. The number of nitrogens with zero attached hydrogens (tertiary/aromatic N) is 6. The van der Waals surface area contributed by atoms with Crippen LogP contribution in [-0.4, -0.2) is 42.8 Å². The highest BCUT2D eigenvalue weighted by Gasteiger charge is 2.32. The van der Waals surface area contributed by atoms with Crippen molar-refractivity contribution in [3.05, 3.63) is 53.9 Å². The number of aryl methyl sites for hydroxylation is 1. The van der Waals surface area contributed by atoms with Gasteiger partial charge in [0.15, 0.2) is 17.3 Å². The molecule has 1 N–H and O–H groups in total. The van der Waals surface area contributed by atoms with Crippen LogP contribution in [0.4, 0.5) is 14.6 Å². The van der Waals surface area contributed by atoms with E-state index in [9.17, 15) is 8.78 Å².